The van der Waals surface area contributed by atoms with Crippen LogP contribution in [-0.2, 0) is 11.2 Å². The van der Waals surface area contributed by atoms with Crippen LogP contribution in [0.3, 0.4) is 0 Å². The molecule has 2 aromatic rings. The molecule has 2 aromatic carbocycles. The van der Waals surface area contributed by atoms with Gasteiger partial charge in [-0.2, -0.15) is 0 Å². The molecular formula is C23H29NO2. The molecule has 0 aromatic heterocycles. The maximum Gasteiger partial charge on any atom is 0.227 e. The van der Waals surface area contributed by atoms with Crippen LogP contribution in [0.25, 0.3) is 6.08 Å². The van der Waals surface area contributed by atoms with Crippen molar-refractivity contribution in [3.63, 3.8) is 0 Å². The molecule has 26 heavy (non-hydrogen) atoms. The summed E-state index contributed by atoms with van der Waals surface area (Å²) >= 11 is 0. The van der Waals surface area contributed by atoms with Crippen molar-refractivity contribution in [3.8, 4) is 5.75 Å². The highest BCUT2D eigenvalue weighted by Gasteiger charge is 2.16. The Balaban J connectivity index is 2.07. The molecule has 0 N–H and O–H groups in total. The summed E-state index contributed by atoms with van der Waals surface area (Å²) in [6.45, 7) is 7.78. The Morgan fingerprint density at radius 1 is 1.08 bits per heavy atom. The van der Waals surface area contributed by atoms with Gasteiger partial charge in [-0.15, -0.1) is 0 Å². The number of carbonyl (C=O) groups excluding carboxylic acids is 1. The topological polar surface area (TPSA) is 29.5 Å². The summed E-state index contributed by atoms with van der Waals surface area (Å²) in [6, 6.07) is 17.9. The number of carbonyl (C=O) groups is 1. The van der Waals surface area contributed by atoms with Gasteiger partial charge in [-0.3, -0.25) is 4.79 Å². The molecule has 0 radical (unpaired) electrons. The number of ether oxygens (including phenoxy) is 1. The Bertz CT molecular complexity index is 718. The molecular weight excluding hydrogens is 322 g/mol. The molecule has 2 rings (SSSR count). The summed E-state index contributed by atoms with van der Waals surface area (Å²) in [5.74, 6) is 1.39. The Morgan fingerprint density at radius 2 is 1.73 bits per heavy atom. The van der Waals surface area contributed by atoms with Gasteiger partial charge < -0.3 is 9.64 Å². The van der Waals surface area contributed by atoms with Crippen LogP contribution in [0.4, 0.5) is 0 Å². The van der Waals surface area contributed by atoms with Gasteiger partial charge in [0.05, 0.1) is 13.5 Å². The summed E-state index contributed by atoms with van der Waals surface area (Å²) in [6.07, 6.45) is 2.56. The molecule has 0 heterocycles. The molecule has 3 heteroatoms. The SMILES string of the molecule is COc1ccc(CC(=O)N(C/C(C)=C/c2ccccc2)CC(C)C)cc1. The van der Waals surface area contributed by atoms with E-state index in [4.69, 9.17) is 4.74 Å². The lowest BCUT2D eigenvalue weighted by Gasteiger charge is -2.25. The summed E-state index contributed by atoms with van der Waals surface area (Å²) in [5.41, 5.74) is 3.35. The molecule has 0 saturated heterocycles. The number of benzene rings is 2. The number of rotatable bonds is 8. The maximum atomic E-state index is 12.9. The Morgan fingerprint density at radius 3 is 2.31 bits per heavy atom. The standard InChI is InChI=1S/C23H29NO2/c1-18(2)16-24(17-19(3)14-20-8-6-5-7-9-20)23(25)15-21-10-12-22(26-4)13-11-21/h5-14,18H,15-17H2,1-4H3/b19-14+. The molecule has 0 atom stereocenters. The smallest absolute Gasteiger partial charge is 0.227 e. The number of hydrogen-bond donors (Lipinski definition) is 0. The van der Waals surface area contributed by atoms with Gasteiger partial charge in [0.2, 0.25) is 5.91 Å². The third-order valence-corrected chi connectivity index (χ3v) is 4.11. The van der Waals surface area contributed by atoms with E-state index in [1.165, 1.54) is 5.57 Å². The summed E-state index contributed by atoms with van der Waals surface area (Å²) < 4.78 is 5.18. The highest BCUT2D eigenvalue weighted by Crippen LogP contribution is 2.14. The van der Waals surface area contributed by atoms with Crippen molar-refractivity contribution in [1.82, 2.24) is 4.90 Å². The van der Waals surface area contributed by atoms with Gasteiger partial charge in [-0.1, -0.05) is 68.0 Å². The van der Waals surface area contributed by atoms with Gasteiger partial charge in [-0.05, 0) is 36.1 Å². The maximum absolute atomic E-state index is 12.9. The van der Waals surface area contributed by atoms with Crippen LogP contribution in [-0.4, -0.2) is 31.0 Å². The zero-order valence-electron chi connectivity index (χ0n) is 16.2. The predicted octanol–water partition coefficient (Wildman–Crippen LogP) is 4.83. The third-order valence-electron chi connectivity index (χ3n) is 4.11. The molecule has 0 unspecified atom stereocenters. The minimum atomic E-state index is 0.157. The second kappa shape index (κ2) is 9.81. The number of amides is 1. The molecule has 138 valence electrons. The zero-order chi connectivity index (χ0) is 18.9. The highest BCUT2D eigenvalue weighted by molar-refractivity contribution is 5.79. The van der Waals surface area contributed by atoms with Crippen LogP contribution in [0.2, 0.25) is 0 Å². The molecule has 0 saturated carbocycles. The number of methoxy groups -OCH3 is 1. The van der Waals surface area contributed by atoms with Crippen molar-refractivity contribution in [3.05, 3.63) is 71.3 Å². The van der Waals surface area contributed by atoms with E-state index in [9.17, 15) is 4.79 Å². The van der Waals surface area contributed by atoms with Crippen molar-refractivity contribution >= 4 is 12.0 Å². The van der Waals surface area contributed by atoms with E-state index in [-0.39, 0.29) is 5.91 Å². The van der Waals surface area contributed by atoms with E-state index in [0.717, 1.165) is 23.4 Å². The average molecular weight is 351 g/mol. The Hall–Kier alpha value is -2.55. The lowest BCUT2D eigenvalue weighted by molar-refractivity contribution is -0.130. The summed E-state index contributed by atoms with van der Waals surface area (Å²) in [5, 5.41) is 0. The third kappa shape index (κ3) is 6.40. The van der Waals surface area contributed by atoms with E-state index in [1.807, 2.05) is 47.4 Å². The second-order valence-electron chi connectivity index (χ2n) is 7.09. The predicted molar refractivity (Wildman–Crippen MR) is 108 cm³/mol. The van der Waals surface area contributed by atoms with Crippen LogP contribution in [0, 0.1) is 5.92 Å². The molecule has 0 aliphatic rings. The lowest BCUT2D eigenvalue weighted by atomic mass is 10.1. The van der Waals surface area contributed by atoms with Crippen molar-refractivity contribution in [2.24, 2.45) is 5.92 Å². The number of hydrogen-bond acceptors (Lipinski definition) is 2. The largest absolute Gasteiger partial charge is 0.497 e. The fourth-order valence-corrected chi connectivity index (χ4v) is 2.91. The van der Waals surface area contributed by atoms with Crippen molar-refractivity contribution in [2.45, 2.75) is 27.2 Å². The van der Waals surface area contributed by atoms with Crippen LogP contribution < -0.4 is 4.74 Å². The number of nitrogens with zero attached hydrogens (tertiary/aromatic N) is 1. The Labute approximate surface area is 157 Å². The molecule has 1 amide bonds. The van der Waals surface area contributed by atoms with Gasteiger partial charge in [0.25, 0.3) is 0 Å². The monoisotopic (exact) mass is 351 g/mol. The lowest BCUT2D eigenvalue weighted by Crippen LogP contribution is -2.36. The van der Waals surface area contributed by atoms with Crippen LogP contribution in [0.1, 0.15) is 31.9 Å². The van der Waals surface area contributed by atoms with E-state index < -0.39 is 0 Å². The molecule has 0 aliphatic carbocycles. The fraction of sp³-hybridized carbons (Fsp3) is 0.348. The Kier molecular flexibility index (Phi) is 7.46. The van der Waals surface area contributed by atoms with Gasteiger partial charge in [-0.25, -0.2) is 0 Å². The quantitative estimate of drug-likeness (QED) is 0.682. The van der Waals surface area contributed by atoms with Crippen LogP contribution in [0.5, 0.6) is 5.75 Å². The average Bonchev–Trinajstić information content (AvgIpc) is 2.62. The van der Waals surface area contributed by atoms with Crippen LogP contribution >= 0.6 is 0 Å². The van der Waals surface area contributed by atoms with Gasteiger partial charge >= 0.3 is 0 Å². The fourth-order valence-electron chi connectivity index (χ4n) is 2.91. The van der Waals surface area contributed by atoms with Crippen molar-refractivity contribution < 1.29 is 9.53 Å². The van der Waals surface area contributed by atoms with Crippen molar-refractivity contribution in [1.29, 1.82) is 0 Å². The van der Waals surface area contributed by atoms with E-state index in [1.54, 1.807) is 7.11 Å². The van der Waals surface area contributed by atoms with Gasteiger partial charge in [0.1, 0.15) is 5.75 Å². The van der Waals surface area contributed by atoms with E-state index in [0.29, 0.717) is 18.9 Å². The zero-order valence-corrected chi connectivity index (χ0v) is 16.2. The molecule has 0 fully saturated rings. The molecule has 0 aliphatic heterocycles. The first-order chi connectivity index (χ1) is 12.5. The summed E-state index contributed by atoms with van der Waals surface area (Å²) in [7, 11) is 1.65. The van der Waals surface area contributed by atoms with Gasteiger partial charge in [0.15, 0.2) is 0 Å². The molecule has 0 spiro atoms. The minimum Gasteiger partial charge on any atom is -0.497 e. The van der Waals surface area contributed by atoms with E-state index >= 15 is 0 Å². The van der Waals surface area contributed by atoms with Gasteiger partial charge in [0, 0.05) is 13.1 Å². The second-order valence-corrected chi connectivity index (χ2v) is 7.09. The molecule has 3 nitrogen and oxygen atoms in total. The van der Waals surface area contributed by atoms with Crippen LogP contribution in [0.15, 0.2) is 60.2 Å². The summed E-state index contributed by atoms with van der Waals surface area (Å²) in [4.78, 5) is 14.8. The first-order valence-electron chi connectivity index (χ1n) is 9.11. The first-order valence-corrected chi connectivity index (χ1v) is 9.11. The first kappa shape index (κ1) is 19.8. The minimum absolute atomic E-state index is 0.157. The van der Waals surface area contributed by atoms with E-state index in [2.05, 4.69) is 39.0 Å². The molecule has 0 bridgehead atoms. The normalized spacial score (nSPS) is 11.5. The highest BCUT2D eigenvalue weighted by atomic mass is 16.5. The van der Waals surface area contributed by atoms with Crippen molar-refractivity contribution in [2.75, 3.05) is 20.2 Å².